The lowest BCUT2D eigenvalue weighted by molar-refractivity contribution is -0.694. The van der Waals surface area contributed by atoms with Crippen molar-refractivity contribution in [3.8, 4) is 5.75 Å². The zero-order chi connectivity index (χ0) is 15.5. The number of aryl methyl sites for hydroxylation is 1. The summed E-state index contributed by atoms with van der Waals surface area (Å²) < 4.78 is 45.3. The molecule has 7 heteroatoms. The Morgan fingerprint density at radius 2 is 1.91 bits per heavy atom. The fourth-order valence-electron chi connectivity index (χ4n) is 2.23. The molecule has 0 saturated heterocycles. The minimum Gasteiger partial charge on any atom is -1.00 e. The second kappa shape index (κ2) is 7.67. The number of rotatable bonds is 5. The summed E-state index contributed by atoms with van der Waals surface area (Å²) in [5.41, 5.74) is 0.497. The van der Waals surface area contributed by atoms with Gasteiger partial charge in [0.15, 0.2) is 0 Å². The van der Waals surface area contributed by atoms with Crippen LogP contribution in [0.2, 0.25) is 0 Å². The van der Waals surface area contributed by atoms with Crippen molar-refractivity contribution >= 4 is 0 Å². The second-order valence-corrected chi connectivity index (χ2v) is 4.82. The SMILES string of the molecule is CCCn1cc[n+](Cc2ccccc2OC(F)(F)F)c1C.[Br-]. The van der Waals surface area contributed by atoms with Gasteiger partial charge >= 0.3 is 6.36 Å². The second-order valence-electron chi connectivity index (χ2n) is 4.82. The molecule has 0 aliphatic rings. The molecule has 0 bridgehead atoms. The Morgan fingerprint density at radius 1 is 1.23 bits per heavy atom. The molecule has 0 unspecified atom stereocenters. The van der Waals surface area contributed by atoms with E-state index in [1.165, 1.54) is 12.1 Å². The van der Waals surface area contributed by atoms with Crippen molar-refractivity contribution < 1.29 is 39.5 Å². The highest BCUT2D eigenvalue weighted by molar-refractivity contribution is 5.32. The summed E-state index contributed by atoms with van der Waals surface area (Å²) in [5.74, 6) is 0.846. The van der Waals surface area contributed by atoms with Crippen LogP contribution >= 0.6 is 0 Å². The average Bonchev–Trinajstić information content (AvgIpc) is 2.73. The molecule has 0 spiro atoms. The fraction of sp³-hybridized carbons (Fsp3) is 0.400. The number of nitrogens with zero attached hydrogens (tertiary/aromatic N) is 2. The number of aromatic nitrogens is 2. The summed E-state index contributed by atoms with van der Waals surface area (Å²) in [5, 5.41) is 0. The Morgan fingerprint density at radius 3 is 2.55 bits per heavy atom. The van der Waals surface area contributed by atoms with E-state index in [-0.39, 0.29) is 22.7 Å². The quantitative estimate of drug-likeness (QED) is 0.690. The van der Waals surface area contributed by atoms with Crippen LogP contribution in [0.4, 0.5) is 13.2 Å². The van der Waals surface area contributed by atoms with Gasteiger partial charge in [-0.2, -0.15) is 0 Å². The first-order valence-electron chi connectivity index (χ1n) is 6.79. The van der Waals surface area contributed by atoms with Crippen LogP contribution in [0.5, 0.6) is 5.75 Å². The first-order chi connectivity index (χ1) is 9.90. The third kappa shape index (κ3) is 4.76. The molecule has 0 N–H and O–H groups in total. The van der Waals surface area contributed by atoms with E-state index >= 15 is 0 Å². The molecule has 0 aliphatic heterocycles. The van der Waals surface area contributed by atoms with Crippen LogP contribution in [-0.2, 0) is 13.1 Å². The van der Waals surface area contributed by atoms with Gasteiger partial charge in [-0.05, 0) is 12.5 Å². The molecule has 0 atom stereocenters. The first-order valence-corrected chi connectivity index (χ1v) is 6.79. The molecule has 0 saturated carbocycles. The summed E-state index contributed by atoms with van der Waals surface area (Å²) in [7, 11) is 0. The Hall–Kier alpha value is -1.50. The maximum Gasteiger partial charge on any atom is 0.573 e. The van der Waals surface area contributed by atoms with Gasteiger partial charge in [0.05, 0.1) is 6.54 Å². The molecule has 0 fully saturated rings. The minimum atomic E-state index is -4.68. The van der Waals surface area contributed by atoms with E-state index in [4.69, 9.17) is 0 Å². The van der Waals surface area contributed by atoms with Crippen molar-refractivity contribution in [2.24, 2.45) is 0 Å². The summed E-state index contributed by atoms with van der Waals surface area (Å²) in [4.78, 5) is 0. The minimum absolute atomic E-state index is 0. The highest BCUT2D eigenvalue weighted by Crippen LogP contribution is 2.26. The largest absolute Gasteiger partial charge is 1.00 e. The van der Waals surface area contributed by atoms with Gasteiger partial charge in [-0.15, -0.1) is 13.2 Å². The number of halogens is 4. The van der Waals surface area contributed by atoms with Crippen molar-refractivity contribution in [2.75, 3.05) is 0 Å². The Labute approximate surface area is 138 Å². The number of ether oxygens (including phenoxy) is 1. The van der Waals surface area contributed by atoms with E-state index < -0.39 is 6.36 Å². The van der Waals surface area contributed by atoms with E-state index in [1.807, 2.05) is 23.9 Å². The van der Waals surface area contributed by atoms with Gasteiger partial charge in [0.25, 0.3) is 5.82 Å². The smallest absolute Gasteiger partial charge is 0.573 e. The van der Waals surface area contributed by atoms with Gasteiger partial charge in [0.2, 0.25) is 0 Å². The van der Waals surface area contributed by atoms with Crippen molar-refractivity contribution in [1.82, 2.24) is 4.57 Å². The molecular weight excluding hydrogens is 361 g/mol. The number of benzene rings is 1. The lowest BCUT2D eigenvalue weighted by Crippen LogP contribution is -3.00. The van der Waals surface area contributed by atoms with E-state index in [0.29, 0.717) is 12.1 Å². The summed E-state index contributed by atoms with van der Waals surface area (Å²) >= 11 is 0. The molecule has 1 aromatic heterocycles. The van der Waals surface area contributed by atoms with Crippen LogP contribution in [0.25, 0.3) is 0 Å². The topological polar surface area (TPSA) is 18.0 Å². The van der Waals surface area contributed by atoms with Crippen LogP contribution in [-0.4, -0.2) is 10.9 Å². The van der Waals surface area contributed by atoms with E-state index in [1.54, 1.807) is 12.1 Å². The molecule has 3 nitrogen and oxygen atoms in total. The lowest BCUT2D eigenvalue weighted by Gasteiger charge is -2.12. The van der Waals surface area contributed by atoms with Gasteiger partial charge in [0, 0.05) is 12.5 Å². The Balaban J connectivity index is 0.00000242. The zero-order valence-electron chi connectivity index (χ0n) is 12.4. The summed E-state index contributed by atoms with van der Waals surface area (Å²) in [6.45, 7) is 5.26. The maximum atomic E-state index is 12.4. The number of para-hydroxylation sites is 1. The Kier molecular flexibility index (Phi) is 6.47. The molecule has 0 aliphatic carbocycles. The molecule has 2 aromatic rings. The van der Waals surface area contributed by atoms with Gasteiger partial charge < -0.3 is 21.7 Å². The predicted octanol–water partition coefficient (Wildman–Crippen LogP) is 0.445. The Bertz CT molecular complexity index is 611. The van der Waals surface area contributed by atoms with E-state index in [9.17, 15) is 13.2 Å². The van der Waals surface area contributed by atoms with Crippen molar-refractivity contribution in [3.05, 3.63) is 48.0 Å². The number of imidazole rings is 1. The standard InChI is InChI=1S/C15H18F3N2O.BrH/c1-3-8-19-9-10-20(12(19)2)11-13-6-4-5-7-14(13)21-15(16,17)18;/h4-7,9-10H,3,8,11H2,1-2H3;1H/q+1;/p-1. The van der Waals surface area contributed by atoms with Gasteiger partial charge in [0.1, 0.15) is 24.7 Å². The molecule has 0 amide bonds. The summed E-state index contributed by atoms with van der Waals surface area (Å²) in [6, 6.07) is 6.22. The first kappa shape index (κ1) is 18.5. The molecule has 1 heterocycles. The number of hydrogen-bond donors (Lipinski definition) is 0. The fourth-order valence-corrected chi connectivity index (χ4v) is 2.23. The number of alkyl halides is 3. The van der Waals surface area contributed by atoms with Crippen LogP contribution in [0.3, 0.4) is 0 Å². The third-order valence-electron chi connectivity index (χ3n) is 3.26. The zero-order valence-corrected chi connectivity index (χ0v) is 14.0. The van der Waals surface area contributed by atoms with Gasteiger partial charge in [-0.25, -0.2) is 9.13 Å². The molecular formula is C15H18BrF3N2O. The molecule has 22 heavy (non-hydrogen) atoms. The molecule has 0 radical (unpaired) electrons. The summed E-state index contributed by atoms with van der Waals surface area (Å²) in [6.07, 6.45) is 0.134. The van der Waals surface area contributed by atoms with E-state index in [2.05, 4.69) is 16.2 Å². The maximum absolute atomic E-state index is 12.4. The van der Waals surface area contributed by atoms with Gasteiger partial charge in [-0.1, -0.05) is 25.1 Å². The van der Waals surface area contributed by atoms with E-state index in [0.717, 1.165) is 18.8 Å². The molecule has 122 valence electrons. The monoisotopic (exact) mass is 378 g/mol. The van der Waals surface area contributed by atoms with Crippen molar-refractivity contribution in [1.29, 1.82) is 0 Å². The third-order valence-corrected chi connectivity index (χ3v) is 3.26. The van der Waals surface area contributed by atoms with Crippen molar-refractivity contribution in [2.45, 2.75) is 39.7 Å². The van der Waals surface area contributed by atoms with Crippen LogP contribution in [0.1, 0.15) is 24.7 Å². The predicted molar refractivity (Wildman–Crippen MR) is 71.9 cm³/mol. The number of hydrogen-bond acceptors (Lipinski definition) is 1. The van der Waals surface area contributed by atoms with Gasteiger partial charge in [-0.3, -0.25) is 0 Å². The highest BCUT2D eigenvalue weighted by atomic mass is 79.9. The molecule has 1 aromatic carbocycles. The lowest BCUT2D eigenvalue weighted by atomic mass is 10.2. The molecule has 2 rings (SSSR count). The van der Waals surface area contributed by atoms with Crippen molar-refractivity contribution in [3.63, 3.8) is 0 Å². The normalized spacial score (nSPS) is 11.1. The van der Waals surface area contributed by atoms with Crippen LogP contribution in [0, 0.1) is 6.92 Å². The highest BCUT2D eigenvalue weighted by Gasteiger charge is 2.32. The van der Waals surface area contributed by atoms with Crippen LogP contribution in [0.15, 0.2) is 36.7 Å². The van der Waals surface area contributed by atoms with Crippen LogP contribution < -0.4 is 26.3 Å². The average molecular weight is 379 g/mol.